The Morgan fingerprint density at radius 3 is 2.56 bits per heavy atom. The van der Waals surface area contributed by atoms with Crippen molar-refractivity contribution in [3.63, 3.8) is 0 Å². The maximum atomic E-state index is 12.6. The minimum Gasteiger partial charge on any atom is -0.353 e. The molecule has 1 amide bonds. The van der Waals surface area contributed by atoms with Crippen molar-refractivity contribution in [2.24, 2.45) is 0 Å². The molecule has 1 saturated heterocycles. The van der Waals surface area contributed by atoms with Crippen LogP contribution in [0.25, 0.3) is 0 Å². The average Bonchev–Trinajstić information content (AvgIpc) is 2.61. The second-order valence-corrected chi connectivity index (χ2v) is 6.92. The molecule has 0 N–H and O–H groups in total. The predicted octanol–water partition coefficient (Wildman–Crippen LogP) is 2.92. The van der Waals surface area contributed by atoms with Crippen LogP contribution in [0.5, 0.6) is 0 Å². The molecule has 0 radical (unpaired) electrons. The normalized spacial score (nSPS) is 14.9. The number of rotatable bonds is 3. The van der Waals surface area contributed by atoms with Gasteiger partial charge in [-0.05, 0) is 13.0 Å². The van der Waals surface area contributed by atoms with Crippen molar-refractivity contribution in [3.8, 4) is 0 Å². The summed E-state index contributed by atoms with van der Waals surface area (Å²) in [6.07, 6.45) is 3.09. The van der Waals surface area contributed by atoms with E-state index < -0.39 is 0 Å². The van der Waals surface area contributed by atoms with E-state index in [4.69, 9.17) is 11.6 Å². The fraction of sp³-hybridized carbons (Fsp3) is 0.444. The minimum atomic E-state index is -0.0474. The summed E-state index contributed by atoms with van der Waals surface area (Å²) in [6, 6.07) is 3.67. The van der Waals surface area contributed by atoms with Crippen molar-refractivity contribution in [3.05, 3.63) is 46.6 Å². The first-order chi connectivity index (χ1) is 12.0. The van der Waals surface area contributed by atoms with Gasteiger partial charge in [0.15, 0.2) is 0 Å². The number of hydrogen-bond acceptors (Lipinski definition) is 5. The highest BCUT2D eigenvalue weighted by molar-refractivity contribution is 6.33. The van der Waals surface area contributed by atoms with Crippen molar-refractivity contribution < 1.29 is 4.79 Å². The molecule has 7 heteroatoms. The summed E-state index contributed by atoms with van der Waals surface area (Å²) in [5.74, 6) is 2.03. The summed E-state index contributed by atoms with van der Waals surface area (Å²) < 4.78 is 0. The molecule has 1 fully saturated rings. The van der Waals surface area contributed by atoms with Crippen LogP contribution in [0.15, 0.2) is 24.5 Å². The number of nitrogens with zero attached hydrogens (tertiary/aromatic N) is 5. The summed E-state index contributed by atoms with van der Waals surface area (Å²) >= 11 is 6.09. The van der Waals surface area contributed by atoms with Gasteiger partial charge in [-0.3, -0.25) is 9.78 Å². The first-order valence-corrected chi connectivity index (χ1v) is 8.83. The van der Waals surface area contributed by atoms with Crippen molar-refractivity contribution >= 4 is 23.3 Å². The predicted molar refractivity (Wildman–Crippen MR) is 98.2 cm³/mol. The molecule has 0 bridgehead atoms. The number of halogens is 1. The number of piperazine rings is 1. The van der Waals surface area contributed by atoms with Crippen LogP contribution in [0, 0.1) is 6.92 Å². The van der Waals surface area contributed by atoms with Crippen molar-refractivity contribution in [1.29, 1.82) is 0 Å². The molecule has 1 aliphatic rings. The number of aryl methyl sites for hydroxylation is 1. The topological polar surface area (TPSA) is 62.2 Å². The monoisotopic (exact) mass is 359 g/mol. The van der Waals surface area contributed by atoms with Crippen molar-refractivity contribution in [1.82, 2.24) is 19.9 Å². The molecule has 3 heterocycles. The van der Waals surface area contributed by atoms with Crippen LogP contribution >= 0.6 is 11.6 Å². The SMILES string of the molecule is Cc1cc(N2CCN(C(=O)c3ccncc3Cl)CC2)nc(C(C)C)n1. The number of carbonyl (C=O) groups is 1. The summed E-state index contributed by atoms with van der Waals surface area (Å²) in [5, 5.41) is 0.392. The third-order valence-corrected chi connectivity index (χ3v) is 4.57. The number of pyridine rings is 1. The molecule has 0 saturated carbocycles. The van der Waals surface area contributed by atoms with Crippen LogP contribution in [0.3, 0.4) is 0 Å². The maximum absolute atomic E-state index is 12.6. The van der Waals surface area contributed by atoms with E-state index >= 15 is 0 Å². The molecule has 0 spiro atoms. The van der Waals surface area contributed by atoms with Crippen LogP contribution in [0.4, 0.5) is 5.82 Å². The van der Waals surface area contributed by atoms with E-state index in [1.54, 1.807) is 12.3 Å². The van der Waals surface area contributed by atoms with Gasteiger partial charge in [0.05, 0.1) is 10.6 Å². The van der Waals surface area contributed by atoms with Crippen LogP contribution in [-0.4, -0.2) is 51.9 Å². The van der Waals surface area contributed by atoms with Gasteiger partial charge in [-0.25, -0.2) is 9.97 Å². The van der Waals surface area contributed by atoms with Gasteiger partial charge in [0, 0.05) is 56.3 Å². The van der Waals surface area contributed by atoms with E-state index in [9.17, 15) is 4.79 Å². The Labute approximate surface area is 152 Å². The zero-order valence-electron chi connectivity index (χ0n) is 14.7. The van der Waals surface area contributed by atoms with E-state index in [1.165, 1.54) is 6.20 Å². The number of hydrogen-bond donors (Lipinski definition) is 0. The average molecular weight is 360 g/mol. The third kappa shape index (κ3) is 3.90. The molecule has 132 valence electrons. The Morgan fingerprint density at radius 2 is 1.92 bits per heavy atom. The lowest BCUT2D eigenvalue weighted by Crippen LogP contribution is -2.49. The second-order valence-electron chi connectivity index (χ2n) is 6.52. The minimum absolute atomic E-state index is 0.0474. The maximum Gasteiger partial charge on any atom is 0.255 e. The zero-order chi connectivity index (χ0) is 18.0. The highest BCUT2D eigenvalue weighted by Gasteiger charge is 2.24. The fourth-order valence-electron chi connectivity index (χ4n) is 2.85. The van der Waals surface area contributed by atoms with Gasteiger partial charge >= 0.3 is 0 Å². The molecule has 1 aliphatic heterocycles. The summed E-state index contributed by atoms with van der Waals surface area (Å²) in [4.78, 5) is 29.8. The Kier molecular flexibility index (Phi) is 5.18. The highest BCUT2D eigenvalue weighted by atomic mass is 35.5. The van der Waals surface area contributed by atoms with Crippen LogP contribution in [-0.2, 0) is 0 Å². The lowest BCUT2D eigenvalue weighted by molar-refractivity contribution is 0.0746. The van der Waals surface area contributed by atoms with Gasteiger partial charge in [-0.15, -0.1) is 0 Å². The molecule has 2 aromatic rings. The number of aromatic nitrogens is 3. The van der Waals surface area contributed by atoms with Crippen molar-refractivity contribution in [2.75, 3.05) is 31.1 Å². The van der Waals surface area contributed by atoms with Gasteiger partial charge in [0.25, 0.3) is 5.91 Å². The number of carbonyl (C=O) groups excluding carboxylic acids is 1. The lowest BCUT2D eigenvalue weighted by Gasteiger charge is -2.35. The molecule has 0 aromatic carbocycles. The Balaban J connectivity index is 1.70. The molecule has 25 heavy (non-hydrogen) atoms. The van der Waals surface area contributed by atoms with Gasteiger partial charge in [-0.1, -0.05) is 25.4 Å². The third-order valence-electron chi connectivity index (χ3n) is 4.27. The van der Waals surface area contributed by atoms with E-state index in [0.717, 1.165) is 30.4 Å². The van der Waals surface area contributed by atoms with Gasteiger partial charge < -0.3 is 9.80 Å². The van der Waals surface area contributed by atoms with Gasteiger partial charge in [-0.2, -0.15) is 0 Å². The fourth-order valence-corrected chi connectivity index (χ4v) is 3.05. The first-order valence-electron chi connectivity index (χ1n) is 8.45. The molecule has 0 aliphatic carbocycles. The van der Waals surface area contributed by atoms with Crippen LogP contribution in [0.2, 0.25) is 5.02 Å². The van der Waals surface area contributed by atoms with Crippen molar-refractivity contribution in [2.45, 2.75) is 26.7 Å². The lowest BCUT2D eigenvalue weighted by atomic mass is 10.2. The largest absolute Gasteiger partial charge is 0.353 e. The zero-order valence-corrected chi connectivity index (χ0v) is 15.5. The second kappa shape index (κ2) is 7.35. The molecule has 0 unspecified atom stereocenters. The summed E-state index contributed by atoms with van der Waals surface area (Å²) in [5.41, 5.74) is 1.47. The van der Waals surface area contributed by atoms with Crippen LogP contribution < -0.4 is 4.90 Å². The van der Waals surface area contributed by atoms with E-state index in [-0.39, 0.29) is 11.8 Å². The standard InChI is InChI=1S/C18H22ClN5O/c1-12(2)17-21-13(3)10-16(22-17)23-6-8-24(9-7-23)18(25)14-4-5-20-11-15(14)19/h4-5,10-12H,6-9H2,1-3H3. The quantitative estimate of drug-likeness (QED) is 0.843. The highest BCUT2D eigenvalue weighted by Crippen LogP contribution is 2.21. The van der Waals surface area contributed by atoms with E-state index in [0.29, 0.717) is 23.7 Å². The van der Waals surface area contributed by atoms with E-state index in [1.807, 2.05) is 17.9 Å². The Hall–Kier alpha value is -2.21. The van der Waals surface area contributed by atoms with Crippen LogP contribution in [0.1, 0.15) is 41.6 Å². The number of amides is 1. The molecular weight excluding hydrogens is 338 g/mol. The first kappa shape index (κ1) is 17.6. The summed E-state index contributed by atoms with van der Waals surface area (Å²) in [6.45, 7) is 8.92. The van der Waals surface area contributed by atoms with Gasteiger partial charge in [0.2, 0.25) is 0 Å². The van der Waals surface area contributed by atoms with E-state index in [2.05, 4.69) is 33.7 Å². The number of anilines is 1. The summed E-state index contributed by atoms with van der Waals surface area (Å²) in [7, 11) is 0. The molecule has 3 rings (SSSR count). The Bertz CT molecular complexity index is 772. The molecule has 0 atom stereocenters. The molecule has 6 nitrogen and oxygen atoms in total. The molecule has 2 aromatic heterocycles. The Morgan fingerprint density at radius 1 is 1.20 bits per heavy atom. The van der Waals surface area contributed by atoms with Gasteiger partial charge in [0.1, 0.15) is 11.6 Å². The smallest absolute Gasteiger partial charge is 0.255 e. The molecular formula is C18H22ClN5O.